The Bertz CT molecular complexity index is 1050. The number of ether oxygens (including phenoxy) is 1. The van der Waals surface area contributed by atoms with Crippen LogP contribution in [0.4, 0.5) is 11.4 Å². The van der Waals surface area contributed by atoms with Crippen molar-refractivity contribution in [3.05, 3.63) is 58.4 Å². The molecule has 2 heterocycles. The van der Waals surface area contributed by atoms with Crippen molar-refractivity contribution in [1.29, 1.82) is 0 Å². The van der Waals surface area contributed by atoms with Crippen molar-refractivity contribution in [2.75, 3.05) is 36.5 Å². The van der Waals surface area contributed by atoms with Crippen molar-refractivity contribution in [2.45, 2.75) is 13.8 Å². The minimum atomic E-state index is -0.210. The third-order valence-electron chi connectivity index (χ3n) is 4.90. The molecule has 4 rings (SSSR count). The number of para-hydroxylation sites is 1. The number of aromatic nitrogens is 2. The highest BCUT2D eigenvalue weighted by Crippen LogP contribution is 2.34. The third kappa shape index (κ3) is 3.66. The van der Waals surface area contributed by atoms with Crippen molar-refractivity contribution in [2.24, 2.45) is 0 Å². The quantitative estimate of drug-likeness (QED) is 0.725. The molecular weight excluding hydrogens is 376 g/mol. The van der Waals surface area contributed by atoms with Crippen LogP contribution in [0, 0.1) is 13.8 Å². The van der Waals surface area contributed by atoms with Gasteiger partial charge in [0.15, 0.2) is 0 Å². The number of halogens is 1. The first-order chi connectivity index (χ1) is 13.5. The van der Waals surface area contributed by atoms with Gasteiger partial charge in [-0.3, -0.25) is 4.79 Å². The van der Waals surface area contributed by atoms with Gasteiger partial charge in [0.1, 0.15) is 0 Å². The van der Waals surface area contributed by atoms with E-state index in [2.05, 4.69) is 20.2 Å². The van der Waals surface area contributed by atoms with E-state index in [4.69, 9.17) is 16.3 Å². The summed E-state index contributed by atoms with van der Waals surface area (Å²) in [5, 5.41) is 3.61. The molecule has 1 N–H and O–H groups in total. The molecule has 1 amide bonds. The van der Waals surface area contributed by atoms with Gasteiger partial charge in [-0.1, -0.05) is 17.7 Å². The number of hydrogen-bond acceptors (Lipinski definition) is 5. The maximum Gasteiger partial charge on any atom is 0.255 e. The van der Waals surface area contributed by atoms with E-state index in [0.717, 1.165) is 35.7 Å². The summed E-state index contributed by atoms with van der Waals surface area (Å²) in [5.41, 5.74) is 5.26. The fourth-order valence-electron chi connectivity index (χ4n) is 3.29. The van der Waals surface area contributed by atoms with Gasteiger partial charge in [0.05, 0.1) is 52.0 Å². The average molecular weight is 397 g/mol. The summed E-state index contributed by atoms with van der Waals surface area (Å²) < 4.78 is 5.43. The van der Waals surface area contributed by atoms with Crippen LogP contribution in [0.3, 0.4) is 0 Å². The highest BCUT2D eigenvalue weighted by atomic mass is 35.5. The summed E-state index contributed by atoms with van der Waals surface area (Å²) in [6.45, 7) is 6.58. The average Bonchev–Trinajstić information content (AvgIpc) is 2.69. The maximum absolute atomic E-state index is 12.9. The Balaban J connectivity index is 1.64. The van der Waals surface area contributed by atoms with E-state index < -0.39 is 0 Å². The lowest BCUT2D eigenvalue weighted by atomic mass is 10.1. The number of carbonyl (C=O) groups is 1. The number of hydrogen-bond donors (Lipinski definition) is 1. The molecule has 0 aliphatic carbocycles. The molecule has 1 aromatic heterocycles. The standard InChI is InChI=1S/C21H21ClN4O2/c1-13-14(2)24-19-12-15(6-7-17(19)23-13)21(27)25-18-5-3-4-16(22)20(18)26-8-10-28-11-9-26/h3-7,12H,8-11H2,1-2H3,(H,25,27). The normalized spacial score (nSPS) is 14.3. The van der Waals surface area contributed by atoms with Gasteiger partial charge in [0, 0.05) is 18.7 Å². The molecule has 1 aliphatic heterocycles. The molecule has 3 aromatic rings. The molecule has 2 aromatic carbocycles. The number of rotatable bonds is 3. The smallest absolute Gasteiger partial charge is 0.255 e. The Labute approximate surface area is 168 Å². The highest BCUT2D eigenvalue weighted by Gasteiger charge is 2.19. The van der Waals surface area contributed by atoms with Crippen LogP contribution in [-0.2, 0) is 4.74 Å². The Morgan fingerprint density at radius 3 is 2.54 bits per heavy atom. The zero-order valence-electron chi connectivity index (χ0n) is 15.8. The molecule has 0 bridgehead atoms. The van der Waals surface area contributed by atoms with Crippen molar-refractivity contribution < 1.29 is 9.53 Å². The molecule has 0 saturated carbocycles. The molecule has 28 heavy (non-hydrogen) atoms. The molecule has 1 aliphatic rings. The molecule has 6 nitrogen and oxygen atoms in total. The summed E-state index contributed by atoms with van der Waals surface area (Å²) in [6, 6.07) is 10.9. The fraction of sp³-hybridized carbons (Fsp3) is 0.286. The summed E-state index contributed by atoms with van der Waals surface area (Å²) in [4.78, 5) is 24.1. The number of amides is 1. The number of carbonyl (C=O) groups excluding carboxylic acids is 1. The minimum absolute atomic E-state index is 0.210. The Kier molecular flexibility index (Phi) is 5.15. The fourth-order valence-corrected chi connectivity index (χ4v) is 3.59. The van der Waals surface area contributed by atoms with E-state index in [9.17, 15) is 4.79 Å². The number of benzene rings is 2. The van der Waals surface area contributed by atoms with Gasteiger partial charge in [-0.15, -0.1) is 0 Å². The topological polar surface area (TPSA) is 67.4 Å². The zero-order chi connectivity index (χ0) is 19.7. The van der Waals surface area contributed by atoms with Gasteiger partial charge in [-0.2, -0.15) is 0 Å². The van der Waals surface area contributed by atoms with Gasteiger partial charge in [-0.25, -0.2) is 9.97 Å². The first-order valence-electron chi connectivity index (χ1n) is 9.20. The highest BCUT2D eigenvalue weighted by molar-refractivity contribution is 6.34. The van der Waals surface area contributed by atoms with Crippen LogP contribution in [-0.4, -0.2) is 42.2 Å². The van der Waals surface area contributed by atoms with E-state index in [0.29, 0.717) is 35.0 Å². The summed E-state index contributed by atoms with van der Waals surface area (Å²) >= 11 is 6.45. The second-order valence-corrected chi connectivity index (χ2v) is 7.19. The number of fused-ring (bicyclic) bond motifs is 1. The number of anilines is 2. The molecule has 0 atom stereocenters. The number of nitrogens with zero attached hydrogens (tertiary/aromatic N) is 3. The van der Waals surface area contributed by atoms with Gasteiger partial charge >= 0.3 is 0 Å². The number of morpholine rings is 1. The predicted octanol–water partition coefficient (Wildman–Crippen LogP) is 3.99. The molecule has 1 saturated heterocycles. The molecule has 0 radical (unpaired) electrons. The SMILES string of the molecule is Cc1nc2ccc(C(=O)Nc3cccc(Cl)c3N3CCOCC3)cc2nc1C. The van der Waals surface area contributed by atoms with Crippen molar-refractivity contribution in [3.8, 4) is 0 Å². The van der Waals surface area contributed by atoms with Crippen LogP contribution >= 0.6 is 11.6 Å². The molecule has 144 valence electrons. The molecular formula is C21H21ClN4O2. The van der Waals surface area contributed by atoms with Gasteiger partial charge in [0.2, 0.25) is 0 Å². The van der Waals surface area contributed by atoms with Crippen molar-refractivity contribution in [3.63, 3.8) is 0 Å². The number of aryl methyl sites for hydroxylation is 2. The largest absolute Gasteiger partial charge is 0.378 e. The summed E-state index contributed by atoms with van der Waals surface area (Å²) in [7, 11) is 0. The summed E-state index contributed by atoms with van der Waals surface area (Å²) in [5.74, 6) is -0.210. The molecule has 7 heteroatoms. The minimum Gasteiger partial charge on any atom is -0.378 e. The lowest BCUT2D eigenvalue weighted by Gasteiger charge is -2.31. The summed E-state index contributed by atoms with van der Waals surface area (Å²) in [6.07, 6.45) is 0. The maximum atomic E-state index is 12.9. The monoisotopic (exact) mass is 396 g/mol. The lowest BCUT2D eigenvalue weighted by Crippen LogP contribution is -2.37. The van der Waals surface area contributed by atoms with Crippen LogP contribution in [0.5, 0.6) is 0 Å². The van der Waals surface area contributed by atoms with Gasteiger partial charge in [0.25, 0.3) is 5.91 Å². The van der Waals surface area contributed by atoms with Crippen LogP contribution in [0.15, 0.2) is 36.4 Å². The van der Waals surface area contributed by atoms with Crippen LogP contribution < -0.4 is 10.2 Å². The van der Waals surface area contributed by atoms with E-state index >= 15 is 0 Å². The van der Waals surface area contributed by atoms with Crippen molar-refractivity contribution in [1.82, 2.24) is 9.97 Å². The van der Waals surface area contributed by atoms with E-state index in [-0.39, 0.29) is 5.91 Å². The van der Waals surface area contributed by atoms with Gasteiger partial charge in [-0.05, 0) is 44.2 Å². The third-order valence-corrected chi connectivity index (χ3v) is 5.20. The second kappa shape index (κ2) is 7.73. The van der Waals surface area contributed by atoms with Crippen LogP contribution in [0.2, 0.25) is 5.02 Å². The predicted molar refractivity (Wildman–Crippen MR) is 111 cm³/mol. The molecule has 0 spiro atoms. The lowest BCUT2D eigenvalue weighted by molar-refractivity contribution is 0.102. The molecule has 0 unspecified atom stereocenters. The molecule has 1 fully saturated rings. The Hall–Kier alpha value is -2.70. The van der Waals surface area contributed by atoms with E-state index in [1.54, 1.807) is 12.1 Å². The van der Waals surface area contributed by atoms with Crippen molar-refractivity contribution >= 4 is 39.9 Å². The van der Waals surface area contributed by atoms with E-state index in [1.165, 1.54) is 0 Å². The van der Waals surface area contributed by atoms with E-state index in [1.807, 2.05) is 38.1 Å². The van der Waals surface area contributed by atoms with Gasteiger partial charge < -0.3 is 15.0 Å². The first-order valence-corrected chi connectivity index (χ1v) is 9.58. The van der Waals surface area contributed by atoms with Crippen LogP contribution in [0.25, 0.3) is 11.0 Å². The second-order valence-electron chi connectivity index (χ2n) is 6.79. The first kappa shape index (κ1) is 18.7. The van der Waals surface area contributed by atoms with Crippen LogP contribution in [0.1, 0.15) is 21.7 Å². The Morgan fingerprint density at radius 1 is 1.07 bits per heavy atom. The number of nitrogens with one attached hydrogen (secondary N) is 1. The zero-order valence-corrected chi connectivity index (χ0v) is 16.6. The Morgan fingerprint density at radius 2 is 1.79 bits per heavy atom.